The summed E-state index contributed by atoms with van der Waals surface area (Å²) in [4.78, 5) is 25.0. The van der Waals surface area contributed by atoms with Gasteiger partial charge in [0.25, 0.3) is 0 Å². The van der Waals surface area contributed by atoms with E-state index in [-0.39, 0.29) is 11.4 Å². The lowest BCUT2D eigenvalue weighted by Gasteiger charge is -2.03. The maximum absolute atomic E-state index is 12.5. The zero-order valence-corrected chi connectivity index (χ0v) is 14.1. The Hall–Kier alpha value is -3.61. The van der Waals surface area contributed by atoms with Gasteiger partial charge in [0.05, 0.1) is 14.2 Å². The third-order valence-corrected chi connectivity index (χ3v) is 3.89. The number of aromatic nitrogens is 2. The molecule has 0 atom stereocenters. The van der Waals surface area contributed by atoms with Crippen molar-refractivity contribution in [1.82, 2.24) is 10.2 Å². The van der Waals surface area contributed by atoms with E-state index in [1.807, 2.05) is 0 Å². The van der Waals surface area contributed by atoms with Crippen LogP contribution in [0, 0.1) is 0 Å². The molecule has 0 spiro atoms. The van der Waals surface area contributed by atoms with Crippen LogP contribution >= 0.6 is 0 Å². The number of rotatable bonds is 6. The summed E-state index contributed by atoms with van der Waals surface area (Å²) in [6.07, 6.45) is 0. The van der Waals surface area contributed by atoms with Crippen molar-refractivity contribution in [2.24, 2.45) is 0 Å². The van der Waals surface area contributed by atoms with Crippen molar-refractivity contribution in [3.8, 4) is 17.2 Å². The number of ketones is 2. The third-order valence-electron chi connectivity index (χ3n) is 3.89. The summed E-state index contributed by atoms with van der Waals surface area (Å²) in [5, 5.41) is 16.6. The van der Waals surface area contributed by atoms with Crippen molar-refractivity contribution in [2.75, 3.05) is 14.2 Å². The van der Waals surface area contributed by atoms with Gasteiger partial charge >= 0.3 is 0 Å². The number of nitrogens with one attached hydrogen (secondary N) is 1. The number of methoxy groups -OCH3 is 2. The summed E-state index contributed by atoms with van der Waals surface area (Å²) in [5.41, 5.74) is 0.281. The van der Waals surface area contributed by atoms with Gasteiger partial charge in [-0.05, 0) is 48.5 Å². The highest BCUT2D eigenvalue weighted by molar-refractivity contribution is 6.14. The molecule has 132 valence electrons. The molecule has 0 saturated heterocycles. The smallest absolute Gasteiger partial charge is 0.217 e. The number of hydrogen-bond donors (Lipinski definition) is 2. The van der Waals surface area contributed by atoms with Crippen LogP contribution in [-0.2, 0) is 0 Å². The molecule has 1 heterocycles. The third kappa shape index (κ3) is 3.14. The predicted octanol–water partition coefficient (Wildman–Crippen LogP) is 2.59. The van der Waals surface area contributed by atoms with Crippen molar-refractivity contribution in [2.45, 2.75) is 0 Å². The summed E-state index contributed by atoms with van der Waals surface area (Å²) < 4.78 is 10.1. The Balaban J connectivity index is 1.88. The Kier molecular flexibility index (Phi) is 4.70. The lowest BCUT2D eigenvalue weighted by atomic mass is 10.0. The van der Waals surface area contributed by atoms with Gasteiger partial charge in [-0.1, -0.05) is 0 Å². The second-order valence-corrected chi connectivity index (χ2v) is 5.41. The summed E-state index contributed by atoms with van der Waals surface area (Å²) in [6.45, 7) is 0. The molecule has 0 aliphatic heterocycles. The molecule has 2 N–H and O–H groups in total. The van der Waals surface area contributed by atoms with E-state index in [1.165, 1.54) is 14.2 Å². The van der Waals surface area contributed by atoms with Crippen molar-refractivity contribution >= 4 is 11.6 Å². The Labute approximate surface area is 149 Å². The Morgan fingerprint density at radius 2 is 1.31 bits per heavy atom. The van der Waals surface area contributed by atoms with Gasteiger partial charge in [0.1, 0.15) is 17.2 Å². The fourth-order valence-electron chi connectivity index (χ4n) is 2.42. The molecular weight excluding hydrogens is 336 g/mol. The lowest BCUT2D eigenvalue weighted by molar-refractivity contribution is 0.102. The Morgan fingerprint density at radius 3 is 1.77 bits per heavy atom. The van der Waals surface area contributed by atoms with E-state index in [9.17, 15) is 14.7 Å². The minimum absolute atomic E-state index is 0.146. The zero-order chi connectivity index (χ0) is 18.7. The monoisotopic (exact) mass is 352 g/mol. The molecule has 7 nitrogen and oxygen atoms in total. The first-order valence-corrected chi connectivity index (χ1v) is 7.70. The SMILES string of the molecule is COc1ccc(C(=O)c2n[nH]c(C(=O)c3ccc(OC)cc3)c2O)cc1. The van der Waals surface area contributed by atoms with Crippen LogP contribution in [0.2, 0.25) is 0 Å². The molecule has 0 fully saturated rings. The van der Waals surface area contributed by atoms with Crippen LogP contribution in [0.3, 0.4) is 0 Å². The number of nitrogens with zero attached hydrogens (tertiary/aromatic N) is 1. The van der Waals surface area contributed by atoms with E-state index in [0.29, 0.717) is 22.6 Å². The van der Waals surface area contributed by atoms with Crippen LogP contribution in [-0.4, -0.2) is 41.1 Å². The van der Waals surface area contributed by atoms with Gasteiger partial charge in [-0.2, -0.15) is 5.10 Å². The maximum Gasteiger partial charge on any atom is 0.217 e. The first kappa shape index (κ1) is 17.2. The van der Waals surface area contributed by atoms with E-state index in [1.54, 1.807) is 48.5 Å². The average Bonchev–Trinajstić information content (AvgIpc) is 3.08. The molecule has 0 aliphatic carbocycles. The van der Waals surface area contributed by atoms with E-state index < -0.39 is 17.3 Å². The highest BCUT2D eigenvalue weighted by Gasteiger charge is 2.25. The van der Waals surface area contributed by atoms with Gasteiger partial charge in [0.2, 0.25) is 11.6 Å². The number of aromatic hydroxyl groups is 1. The van der Waals surface area contributed by atoms with Gasteiger partial charge in [0, 0.05) is 11.1 Å². The predicted molar refractivity (Wildman–Crippen MR) is 93.1 cm³/mol. The second-order valence-electron chi connectivity index (χ2n) is 5.41. The van der Waals surface area contributed by atoms with E-state index in [0.717, 1.165) is 0 Å². The van der Waals surface area contributed by atoms with Crippen LogP contribution in [0.15, 0.2) is 48.5 Å². The molecule has 26 heavy (non-hydrogen) atoms. The molecule has 0 saturated carbocycles. The van der Waals surface area contributed by atoms with Gasteiger partial charge in [-0.25, -0.2) is 0 Å². The van der Waals surface area contributed by atoms with Gasteiger partial charge in [-0.15, -0.1) is 0 Å². The molecule has 7 heteroatoms. The summed E-state index contributed by atoms with van der Waals surface area (Å²) in [6, 6.07) is 12.7. The number of benzene rings is 2. The number of carbonyl (C=O) groups is 2. The topological polar surface area (TPSA) is 102 Å². The van der Waals surface area contributed by atoms with Crippen LogP contribution in [0.1, 0.15) is 32.1 Å². The summed E-state index contributed by atoms with van der Waals surface area (Å²) in [7, 11) is 3.04. The molecule has 0 bridgehead atoms. The molecule has 0 unspecified atom stereocenters. The number of ether oxygens (including phenoxy) is 2. The molecule has 0 amide bonds. The number of H-pyrrole nitrogens is 1. The molecule has 3 rings (SSSR count). The second kappa shape index (κ2) is 7.10. The highest BCUT2D eigenvalue weighted by Crippen LogP contribution is 2.26. The molecule has 0 radical (unpaired) electrons. The summed E-state index contributed by atoms with van der Waals surface area (Å²) in [5.74, 6) is -0.262. The van der Waals surface area contributed by atoms with E-state index >= 15 is 0 Å². The minimum atomic E-state index is -0.504. The van der Waals surface area contributed by atoms with Crippen molar-refractivity contribution in [1.29, 1.82) is 0 Å². The normalized spacial score (nSPS) is 10.4. The minimum Gasteiger partial charge on any atom is -0.504 e. The van der Waals surface area contributed by atoms with E-state index in [4.69, 9.17) is 9.47 Å². The number of aromatic amines is 1. The van der Waals surface area contributed by atoms with Gasteiger partial charge in [0.15, 0.2) is 11.4 Å². The first-order chi connectivity index (χ1) is 12.5. The molecule has 0 aliphatic rings. The average molecular weight is 352 g/mol. The standard InChI is InChI=1S/C19H16N2O5/c1-25-13-7-3-11(4-8-13)17(22)15-19(24)16(21-20-15)18(23)12-5-9-14(26-2)10-6-12/h3-10,24H,1-2H3,(H,20,21). The Morgan fingerprint density at radius 1 is 0.846 bits per heavy atom. The van der Waals surface area contributed by atoms with Crippen LogP contribution in [0.4, 0.5) is 0 Å². The lowest BCUT2D eigenvalue weighted by Crippen LogP contribution is -2.03. The van der Waals surface area contributed by atoms with E-state index in [2.05, 4.69) is 10.2 Å². The zero-order valence-electron chi connectivity index (χ0n) is 14.1. The molecule has 2 aromatic carbocycles. The van der Waals surface area contributed by atoms with Crippen molar-refractivity contribution < 1.29 is 24.2 Å². The van der Waals surface area contributed by atoms with Gasteiger partial charge < -0.3 is 14.6 Å². The van der Waals surface area contributed by atoms with Crippen LogP contribution < -0.4 is 9.47 Å². The fraction of sp³-hybridized carbons (Fsp3) is 0.105. The number of carbonyl (C=O) groups excluding carboxylic acids is 2. The maximum atomic E-state index is 12.5. The quantitative estimate of drug-likeness (QED) is 0.661. The molecular formula is C19H16N2O5. The first-order valence-electron chi connectivity index (χ1n) is 7.70. The summed E-state index contributed by atoms with van der Waals surface area (Å²) >= 11 is 0. The van der Waals surface area contributed by atoms with Crippen molar-refractivity contribution in [3.05, 3.63) is 71.0 Å². The largest absolute Gasteiger partial charge is 0.504 e. The van der Waals surface area contributed by atoms with Crippen LogP contribution in [0.25, 0.3) is 0 Å². The van der Waals surface area contributed by atoms with Crippen molar-refractivity contribution in [3.63, 3.8) is 0 Å². The Bertz CT molecular complexity index is 866. The highest BCUT2D eigenvalue weighted by atomic mass is 16.5. The van der Waals surface area contributed by atoms with Gasteiger partial charge in [-0.3, -0.25) is 14.7 Å². The molecule has 3 aromatic rings. The number of hydrogen-bond acceptors (Lipinski definition) is 6. The molecule has 1 aromatic heterocycles. The van der Waals surface area contributed by atoms with Crippen LogP contribution in [0.5, 0.6) is 17.2 Å². The fourth-order valence-corrected chi connectivity index (χ4v) is 2.42.